The van der Waals surface area contributed by atoms with Crippen molar-refractivity contribution in [1.29, 1.82) is 5.26 Å². The molecule has 0 radical (unpaired) electrons. The first-order valence-corrected chi connectivity index (χ1v) is 7.91. The first-order valence-electron chi connectivity index (χ1n) is 6.65. The molecule has 2 aromatic carbocycles. The van der Waals surface area contributed by atoms with E-state index in [1.807, 2.05) is 60.0 Å². The summed E-state index contributed by atoms with van der Waals surface area (Å²) in [5.74, 6) is 0. The van der Waals surface area contributed by atoms with Gasteiger partial charge in [0.05, 0.1) is 11.3 Å². The summed E-state index contributed by atoms with van der Waals surface area (Å²) >= 11 is 7.44. The lowest BCUT2D eigenvalue weighted by Gasteiger charge is -1.97. The zero-order chi connectivity index (χ0) is 15.4. The van der Waals surface area contributed by atoms with E-state index >= 15 is 0 Å². The molecule has 0 spiro atoms. The van der Waals surface area contributed by atoms with Gasteiger partial charge in [-0.15, -0.1) is 11.3 Å². The Kier molecular flexibility index (Phi) is 4.34. The maximum atomic E-state index is 9.41. The van der Waals surface area contributed by atoms with Gasteiger partial charge in [0.2, 0.25) is 0 Å². The van der Waals surface area contributed by atoms with Crippen LogP contribution < -0.4 is 0 Å². The maximum absolute atomic E-state index is 9.41. The van der Waals surface area contributed by atoms with Crippen molar-refractivity contribution in [2.75, 3.05) is 0 Å². The van der Waals surface area contributed by atoms with Crippen molar-refractivity contribution in [2.45, 2.75) is 0 Å². The Balaban J connectivity index is 1.96. The highest BCUT2D eigenvalue weighted by atomic mass is 35.5. The smallest absolute Gasteiger partial charge is 0.134 e. The van der Waals surface area contributed by atoms with Crippen molar-refractivity contribution in [1.82, 2.24) is 4.98 Å². The maximum Gasteiger partial charge on any atom is 0.134 e. The van der Waals surface area contributed by atoms with Crippen LogP contribution in [0.3, 0.4) is 0 Å². The summed E-state index contributed by atoms with van der Waals surface area (Å²) in [4.78, 5) is 4.57. The molecule has 2 nitrogen and oxygen atoms in total. The predicted octanol–water partition coefficient (Wildman–Crippen LogP) is 5.53. The summed E-state index contributed by atoms with van der Waals surface area (Å²) in [5.41, 5.74) is 3.35. The van der Waals surface area contributed by atoms with Crippen molar-refractivity contribution in [3.05, 3.63) is 75.6 Å². The van der Waals surface area contributed by atoms with Crippen LogP contribution in [0, 0.1) is 11.3 Å². The first-order chi connectivity index (χ1) is 10.8. The second-order valence-electron chi connectivity index (χ2n) is 4.63. The molecule has 0 aliphatic heterocycles. The number of halogens is 1. The lowest BCUT2D eigenvalue weighted by atomic mass is 10.1. The third-order valence-electron chi connectivity index (χ3n) is 3.08. The van der Waals surface area contributed by atoms with Gasteiger partial charge in [0.25, 0.3) is 0 Å². The zero-order valence-electron chi connectivity index (χ0n) is 11.5. The van der Waals surface area contributed by atoms with Crippen molar-refractivity contribution in [2.24, 2.45) is 0 Å². The van der Waals surface area contributed by atoms with Crippen LogP contribution in [0.25, 0.3) is 22.9 Å². The molecular weight excluding hydrogens is 312 g/mol. The molecule has 0 unspecified atom stereocenters. The van der Waals surface area contributed by atoms with Gasteiger partial charge < -0.3 is 0 Å². The molecule has 0 saturated heterocycles. The van der Waals surface area contributed by atoms with Gasteiger partial charge in [-0.05, 0) is 23.8 Å². The zero-order valence-corrected chi connectivity index (χ0v) is 13.1. The molecule has 0 atom stereocenters. The number of nitrogens with zero attached hydrogens (tertiary/aromatic N) is 2. The van der Waals surface area contributed by atoms with Crippen LogP contribution in [-0.2, 0) is 0 Å². The molecule has 0 N–H and O–H groups in total. The largest absolute Gasteiger partial charge is 0.235 e. The monoisotopic (exact) mass is 322 g/mol. The van der Waals surface area contributed by atoms with Gasteiger partial charge in [-0.3, -0.25) is 0 Å². The van der Waals surface area contributed by atoms with Crippen molar-refractivity contribution < 1.29 is 0 Å². The fourth-order valence-electron chi connectivity index (χ4n) is 2.04. The molecule has 0 aliphatic rings. The molecular formula is C18H11ClN2S. The number of nitriles is 1. The van der Waals surface area contributed by atoms with E-state index in [2.05, 4.69) is 11.1 Å². The lowest BCUT2D eigenvalue weighted by Crippen LogP contribution is -1.82. The van der Waals surface area contributed by atoms with E-state index in [0.717, 1.165) is 16.8 Å². The molecule has 3 aromatic rings. The Bertz CT molecular complexity index is 860. The summed E-state index contributed by atoms with van der Waals surface area (Å²) in [6, 6.07) is 19.5. The SMILES string of the molecule is N#C/C(=C/c1cccc(Cl)c1)c1nc(-c2ccccc2)cs1. The van der Waals surface area contributed by atoms with Crippen molar-refractivity contribution >= 4 is 34.6 Å². The average Bonchev–Trinajstić information content (AvgIpc) is 3.03. The minimum Gasteiger partial charge on any atom is -0.235 e. The number of hydrogen-bond acceptors (Lipinski definition) is 3. The molecule has 106 valence electrons. The van der Waals surface area contributed by atoms with E-state index < -0.39 is 0 Å². The fourth-order valence-corrected chi connectivity index (χ4v) is 3.04. The van der Waals surface area contributed by atoms with Gasteiger partial charge in [0, 0.05) is 16.0 Å². The Labute approximate surface area is 138 Å². The van der Waals surface area contributed by atoms with E-state index in [4.69, 9.17) is 11.6 Å². The van der Waals surface area contributed by atoms with Gasteiger partial charge in [0.1, 0.15) is 11.1 Å². The van der Waals surface area contributed by atoms with Crippen LogP contribution in [0.4, 0.5) is 0 Å². The van der Waals surface area contributed by atoms with Gasteiger partial charge in [-0.2, -0.15) is 5.26 Å². The van der Waals surface area contributed by atoms with Crippen LogP contribution in [0.5, 0.6) is 0 Å². The highest BCUT2D eigenvalue weighted by Gasteiger charge is 2.09. The minimum atomic E-state index is 0.537. The molecule has 1 heterocycles. The normalized spacial score (nSPS) is 11.2. The Hall–Kier alpha value is -2.41. The molecule has 0 bridgehead atoms. The Morgan fingerprint density at radius 1 is 1.14 bits per heavy atom. The number of thiazole rings is 1. The standard InChI is InChI=1S/C18H11ClN2S/c19-16-8-4-5-13(10-16)9-15(11-20)18-21-17(12-22-18)14-6-2-1-3-7-14/h1-10,12H/b15-9-. The summed E-state index contributed by atoms with van der Waals surface area (Å²) < 4.78 is 0. The third kappa shape index (κ3) is 3.25. The summed E-state index contributed by atoms with van der Waals surface area (Å²) in [6.07, 6.45) is 1.81. The minimum absolute atomic E-state index is 0.537. The summed E-state index contributed by atoms with van der Waals surface area (Å²) in [7, 11) is 0. The number of rotatable bonds is 3. The van der Waals surface area contributed by atoms with Crippen LogP contribution in [0.15, 0.2) is 60.0 Å². The summed E-state index contributed by atoms with van der Waals surface area (Å²) in [6.45, 7) is 0. The van der Waals surface area contributed by atoms with Crippen LogP contribution in [0.1, 0.15) is 10.6 Å². The fraction of sp³-hybridized carbons (Fsp3) is 0. The quantitative estimate of drug-likeness (QED) is 0.595. The number of allylic oxidation sites excluding steroid dienone is 1. The topological polar surface area (TPSA) is 36.7 Å². The van der Waals surface area contributed by atoms with Crippen molar-refractivity contribution in [3.63, 3.8) is 0 Å². The first kappa shape index (κ1) is 14.5. The Morgan fingerprint density at radius 2 is 1.95 bits per heavy atom. The van der Waals surface area contributed by atoms with E-state index in [1.54, 1.807) is 6.08 Å². The molecule has 0 fully saturated rings. The van der Waals surface area contributed by atoms with E-state index in [-0.39, 0.29) is 0 Å². The van der Waals surface area contributed by atoms with Gasteiger partial charge in [-0.1, -0.05) is 54.1 Å². The number of hydrogen-bond donors (Lipinski definition) is 0. The molecule has 0 saturated carbocycles. The number of benzene rings is 2. The Morgan fingerprint density at radius 3 is 2.68 bits per heavy atom. The van der Waals surface area contributed by atoms with Crippen LogP contribution in [-0.4, -0.2) is 4.98 Å². The van der Waals surface area contributed by atoms with Crippen LogP contribution in [0.2, 0.25) is 5.02 Å². The van der Waals surface area contributed by atoms with Gasteiger partial charge >= 0.3 is 0 Å². The molecule has 3 rings (SSSR count). The molecule has 1 aromatic heterocycles. The highest BCUT2D eigenvalue weighted by Crippen LogP contribution is 2.27. The third-order valence-corrected chi connectivity index (χ3v) is 4.19. The second kappa shape index (κ2) is 6.57. The van der Waals surface area contributed by atoms with Gasteiger partial charge in [0.15, 0.2) is 0 Å². The molecule has 0 amide bonds. The van der Waals surface area contributed by atoms with Crippen LogP contribution >= 0.6 is 22.9 Å². The molecule has 4 heteroatoms. The molecule has 22 heavy (non-hydrogen) atoms. The van der Waals surface area contributed by atoms with E-state index in [0.29, 0.717) is 15.6 Å². The second-order valence-corrected chi connectivity index (χ2v) is 5.92. The van der Waals surface area contributed by atoms with Gasteiger partial charge in [-0.25, -0.2) is 4.98 Å². The lowest BCUT2D eigenvalue weighted by molar-refractivity contribution is 1.37. The van der Waals surface area contributed by atoms with Crippen molar-refractivity contribution in [3.8, 4) is 17.3 Å². The molecule has 0 aliphatic carbocycles. The van der Waals surface area contributed by atoms with E-state index in [1.165, 1.54) is 11.3 Å². The predicted molar refractivity (Wildman–Crippen MR) is 92.5 cm³/mol. The average molecular weight is 323 g/mol. The number of aromatic nitrogens is 1. The highest BCUT2D eigenvalue weighted by molar-refractivity contribution is 7.11. The summed E-state index contributed by atoms with van der Waals surface area (Å²) in [5, 5.41) is 12.7. The van der Waals surface area contributed by atoms with E-state index in [9.17, 15) is 5.26 Å².